The second kappa shape index (κ2) is 7.41. The predicted octanol–water partition coefficient (Wildman–Crippen LogP) is 5.61. The molecule has 0 aliphatic heterocycles. The summed E-state index contributed by atoms with van der Waals surface area (Å²) in [5, 5.41) is 3.40. The van der Waals surface area contributed by atoms with Crippen LogP contribution < -0.4 is 5.32 Å². The molecule has 3 aromatic rings. The molecule has 0 fully saturated rings. The van der Waals surface area contributed by atoms with Gasteiger partial charge in [-0.15, -0.1) is 0 Å². The van der Waals surface area contributed by atoms with Gasteiger partial charge in [0.1, 0.15) is 5.82 Å². The second-order valence-corrected chi connectivity index (χ2v) is 5.35. The maximum atomic E-state index is 12.9. The molecule has 1 N–H and O–H groups in total. The van der Waals surface area contributed by atoms with Crippen LogP contribution >= 0.6 is 0 Å². The summed E-state index contributed by atoms with van der Waals surface area (Å²) >= 11 is 0. The molecule has 0 saturated carbocycles. The van der Waals surface area contributed by atoms with E-state index in [0.717, 1.165) is 23.4 Å². The Kier molecular flexibility index (Phi) is 4.85. The SMILES string of the molecule is Fc1ccc(/C=C/c2ccc(NCc3ccccc3)cc2)cc1. The smallest absolute Gasteiger partial charge is 0.123 e. The van der Waals surface area contributed by atoms with Crippen molar-refractivity contribution in [2.75, 3.05) is 5.32 Å². The fourth-order valence-electron chi connectivity index (χ4n) is 2.28. The molecule has 0 unspecified atom stereocenters. The third-order valence-corrected chi connectivity index (χ3v) is 3.59. The Morgan fingerprint density at radius 3 is 1.87 bits per heavy atom. The van der Waals surface area contributed by atoms with Crippen molar-refractivity contribution in [2.24, 2.45) is 0 Å². The average molecular weight is 303 g/mol. The zero-order valence-corrected chi connectivity index (χ0v) is 12.7. The van der Waals surface area contributed by atoms with Gasteiger partial charge in [-0.1, -0.05) is 66.7 Å². The van der Waals surface area contributed by atoms with Gasteiger partial charge in [0.15, 0.2) is 0 Å². The van der Waals surface area contributed by atoms with E-state index in [4.69, 9.17) is 0 Å². The highest BCUT2D eigenvalue weighted by molar-refractivity contribution is 5.70. The lowest BCUT2D eigenvalue weighted by Crippen LogP contribution is -1.98. The number of hydrogen-bond acceptors (Lipinski definition) is 1. The molecule has 0 amide bonds. The number of halogens is 1. The van der Waals surface area contributed by atoms with Crippen molar-refractivity contribution in [3.05, 3.63) is 101 Å². The zero-order valence-electron chi connectivity index (χ0n) is 12.7. The summed E-state index contributed by atoms with van der Waals surface area (Å²) in [6.07, 6.45) is 4.00. The molecule has 1 nitrogen and oxygen atoms in total. The Hall–Kier alpha value is -2.87. The molecule has 2 heteroatoms. The van der Waals surface area contributed by atoms with E-state index in [1.165, 1.54) is 17.7 Å². The van der Waals surface area contributed by atoms with Crippen LogP contribution in [0.1, 0.15) is 16.7 Å². The van der Waals surface area contributed by atoms with Crippen molar-refractivity contribution in [3.8, 4) is 0 Å². The minimum absolute atomic E-state index is 0.212. The van der Waals surface area contributed by atoms with Gasteiger partial charge >= 0.3 is 0 Å². The van der Waals surface area contributed by atoms with Gasteiger partial charge in [-0.05, 0) is 41.0 Å². The molecular formula is C21H18FN. The Morgan fingerprint density at radius 1 is 0.696 bits per heavy atom. The number of anilines is 1. The molecule has 0 spiro atoms. The Bertz CT molecular complexity index is 759. The van der Waals surface area contributed by atoms with Gasteiger partial charge in [-0.25, -0.2) is 4.39 Å². The fraction of sp³-hybridized carbons (Fsp3) is 0.0476. The van der Waals surface area contributed by atoms with Crippen LogP contribution in [0.5, 0.6) is 0 Å². The minimum atomic E-state index is -0.212. The van der Waals surface area contributed by atoms with E-state index in [0.29, 0.717) is 0 Å². The molecule has 114 valence electrons. The Labute approximate surface area is 136 Å². The van der Waals surface area contributed by atoms with Crippen molar-refractivity contribution in [2.45, 2.75) is 6.54 Å². The molecule has 0 radical (unpaired) electrons. The summed E-state index contributed by atoms with van der Waals surface area (Å²) in [5.74, 6) is -0.212. The third-order valence-electron chi connectivity index (χ3n) is 3.59. The van der Waals surface area contributed by atoms with E-state index in [1.807, 2.05) is 30.4 Å². The van der Waals surface area contributed by atoms with Crippen molar-refractivity contribution < 1.29 is 4.39 Å². The zero-order chi connectivity index (χ0) is 15.9. The Morgan fingerprint density at radius 2 is 1.26 bits per heavy atom. The second-order valence-electron chi connectivity index (χ2n) is 5.35. The van der Waals surface area contributed by atoms with Crippen LogP contribution in [0.15, 0.2) is 78.9 Å². The van der Waals surface area contributed by atoms with E-state index in [-0.39, 0.29) is 5.82 Å². The largest absolute Gasteiger partial charge is 0.381 e. The highest BCUT2D eigenvalue weighted by Crippen LogP contribution is 2.14. The monoisotopic (exact) mass is 303 g/mol. The topological polar surface area (TPSA) is 12.0 Å². The first-order valence-corrected chi connectivity index (χ1v) is 7.61. The molecule has 0 atom stereocenters. The molecule has 23 heavy (non-hydrogen) atoms. The summed E-state index contributed by atoms with van der Waals surface area (Å²) in [4.78, 5) is 0. The first-order valence-electron chi connectivity index (χ1n) is 7.61. The maximum Gasteiger partial charge on any atom is 0.123 e. The number of nitrogens with one attached hydrogen (secondary N) is 1. The molecule has 3 aromatic carbocycles. The summed E-state index contributed by atoms with van der Waals surface area (Å²) in [5.41, 5.74) is 4.44. The van der Waals surface area contributed by atoms with Crippen LogP contribution in [-0.2, 0) is 6.54 Å². The van der Waals surface area contributed by atoms with Gasteiger partial charge < -0.3 is 5.32 Å². The van der Waals surface area contributed by atoms with Crippen LogP contribution in [0.2, 0.25) is 0 Å². The van der Waals surface area contributed by atoms with Crippen LogP contribution in [0.4, 0.5) is 10.1 Å². The van der Waals surface area contributed by atoms with Crippen LogP contribution in [0.3, 0.4) is 0 Å². The summed E-state index contributed by atoms with van der Waals surface area (Å²) < 4.78 is 12.9. The predicted molar refractivity (Wildman–Crippen MR) is 95.5 cm³/mol. The number of benzene rings is 3. The quantitative estimate of drug-likeness (QED) is 0.604. The normalized spacial score (nSPS) is 10.8. The van der Waals surface area contributed by atoms with E-state index in [2.05, 4.69) is 41.7 Å². The van der Waals surface area contributed by atoms with Crippen molar-refractivity contribution in [1.82, 2.24) is 0 Å². The van der Waals surface area contributed by atoms with E-state index >= 15 is 0 Å². The van der Waals surface area contributed by atoms with Crippen LogP contribution in [0, 0.1) is 5.82 Å². The number of rotatable bonds is 5. The van der Waals surface area contributed by atoms with Gasteiger partial charge in [0.2, 0.25) is 0 Å². The van der Waals surface area contributed by atoms with Crippen LogP contribution in [-0.4, -0.2) is 0 Å². The fourth-order valence-corrected chi connectivity index (χ4v) is 2.28. The van der Waals surface area contributed by atoms with Crippen molar-refractivity contribution in [3.63, 3.8) is 0 Å². The van der Waals surface area contributed by atoms with Gasteiger partial charge in [-0.3, -0.25) is 0 Å². The molecule has 0 heterocycles. The maximum absolute atomic E-state index is 12.9. The lowest BCUT2D eigenvalue weighted by atomic mass is 10.1. The molecule has 0 aliphatic rings. The highest BCUT2D eigenvalue weighted by Gasteiger charge is 1.94. The number of hydrogen-bond donors (Lipinski definition) is 1. The summed E-state index contributed by atoms with van der Waals surface area (Å²) in [6.45, 7) is 0.811. The van der Waals surface area contributed by atoms with E-state index in [9.17, 15) is 4.39 Å². The van der Waals surface area contributed by atoms with Gasteiger partial charge in [-0.2, -0.15) is 0 Å². The van der Waals surface area contributed by atoms with Crippen molar-refractivity contribution in [1.29, 1.82) is 0 Å². The molecule has 3 rings (SSSR count). The van der Waals surface area contributed by atoms with Gasteiger partial charge in [0, 0.05) is 12.2 Å². The van der Waals surface area contributed by atoms with E-state index in [1.54, 1.807) is 12.1 Å². The van der Waals surface area contributed by atoms with Crippen molar-refractivity contribution >= 4 is 17.8 Å². The lowest BCUT2D eigenvalue weighted by Gasteiger charge is -2.06. The first kappa shape index (κ1) is 15.0. The molecular weight excluding hydrogens is 285 g/mol. The minimum Gasteiger partial charge on any atom is -0.381 e. The summed E-state index contributed by atoms with van der Waals surface area (Å²) in [6, 6.07) is 25.0. The molecule has 0 aromatic heterocycles. The van der Waals surface area contributed by atoms with Gasteiger partial charge in [0.25, 0.3) is 0 Å². The van der Waals surface area contributed by atoms with E-state index < -0.39 is 0 Å². The van der Waals surface area contributed by atoms with Gasteiger partial charge in [0.05, 0.1) is 0 Å². The first-order chi connectivity index (χ1) is 11.3. The lowest BCUT2D eigenvalue weighted by molar-refractivity contribution is 0.628. The summed E-state index contributed by atoms with van der Waals surface area (Å²) in [7, 11) is 0. The Balaban J connectivity index is 1.59. The molecule has 0 aliphatic carbocycles. The van der Waals surface area contributed by atoms with Crippen LogP contribution in [0.25, 0.3) is 12.2 Å². The molecule has 0 saturated heterocycles. The third kappa shape index (κ3) is 4.55. The highest BCUT2D eigenvalue weighted by atomic mass is 19.1. The standard InChI is InChI=1S/C21H18FN/c22-20-12-8-17(9-13-20)6-7-18-10-14-21(15-11-18)23-16-19-4-2-1-3-5-19/h1-15,23H,16H2/b7-6+. The average Bonchev–Trinajstić information content (AvgIpc) is 2.61. The molecule has 0 bridgehead atoms.